The van der Waals surface area contributed by atoms with Gasteiger partial charge in [-0.05, 0) is 37.5 Å². The number of fused-ring (bicyclic) bond motifs is 1. The van der Waals surface area contributed by atoms with Gasteiger partial charge in [-0.25, -0.2) is 13.1 Å². The number of amides is 1. The van der Waals surface area contributed by atoms with Crippen molar-refractivity contribution in [2.45, 2.75) is 24.7 Å². The van der Waals surface area contributed by atoms with Crippen LogP contribution in [0.25, 0.3) is 0 Å². The molecule has 4 N–H and O–H groups in total. The normalized spacial score (nSPS) is 14.1. The number of hydrogen-bond acceptors (Lipinski definition) is 5. The quantitative estimate of drug-likeness (QED) is 0.663. The number of sulfonamides is 1. The highest BCUT2D eigenvalue weighted by Crippen LogP contribution is 2.34. The van der Waals surface area contributed by atoms with Crippen LogP contribution in [0.1, 0.15) is 18.9 Å². The van der Waals surface area contributed by atoms with Crippen molar-refractivity contribution in [3.63, 3.8) is 0 Å². The molecule has 7 nitrogen and oxygen atoms in total. The number of nitrogens with one attached hydrogen (secondary N) is 2. The lowest BCUT2D eigenvalue weighted by atomic mass is 10.1. The van der Waals surface area contributed by atoms with Crippen LogP contribution in [0.15, 0.2) is 17.0 Å². The number of hydrogen-bond donors (Lipinski definition) is 3. The molecule has 21 heavy (non-hydrogen) atoms. The second-order valence-corrected chi connectivity index (χ2v) is 6.47. The van der Waals surface area contributed by atoms with Crippen molar-refractivity contribution in [1.82, 2.24) is 10.0 Å². The Bertz CT molecular complexity index is 643. The first-order valence-electron chi connectivity index (χ1n) is 6.75. The summed E-state index contributed by atoms with van der Waals surface area (Å²) >= 11 is 0. The fraction of sp³-hybridized carbons (Fsp3) is 0.462. The van der Waals surface area contributed by atoms with E-state index in [2.05, 4.69) is 10.0 Å². The third-order valence-electron chi connectivity index (χ3n) is 3.08. The van der Waals surface area contributed by atoms with Crippen LogP contribution in [0.2, 0.25) is 0 Å². The number of nitrogen functional groups attached to an aromatic ring is 1. The standard InChI is InChI=1S/C13H19N3O4S/c1-2-15-12(17)8-16-21(18,19)11-7-10(14)6-9-4-3-5-20-13(9)11/h6-7,16H,2-5,8,14H2,1H3,(H,15,17). The lowest BCUT2D eigenvalue weighted by Crippen LogP contribution is -2.37. The van der Waals surface area contributed by atoms with E-state index in [0.717, 1.165) is 18.4 Å². The summed E-state index contributed by atoms with van der Waals surface area (Å²) in [6.45, 7) is 2.35. The average Bonchev–Trinajstić information content (AvgIpc) is 2.44. The maximum atomic E-state index is 12.3. The van der Waals surface area contributed by atoms with E-state index in [1.807, 2.05) is 0 Å². The summed E-state index contributed by atoms with van der Waals surface area (Å²) in [5.74, 6) is -0.0568. The van der Waals surface area contributed by atoms with Gasteiger partial charge < -0.3 is 15.8 Å². The minimum absolute atomic E-state index is 0.0125. The van der Waals surface area contributed by atoms with E-state index in [1.165, 1.54) is 6.07 Å². The van der Waals surface area contributed by atoms with E-state index in [1.54, 1.807) is 13.0 Å². The monoisotopic (exact) mass is 313 g/mol. The van der Waals surface area contributed by atoms with Gasteiger partial charge in [0.2, 0.25) is 15.9 Å². The molecule has 0 saturated heterocycles. The molecule has 0 spiro atoms. The number of benzene rings is 1. The van der Waals surface area contributed by atoms with E-state index in [4.69, 9.17) is 10.5 Å². The summed E-state index contributed by atoms with van der Waals surface area (Å²) in [5, 5.41) is 2.52. The molecule has 1 aliphatic rings. The number of carbonyl (C=O) groups is 1. The van der Waals surface area contributed by atoms with Gasteiger partial charge in [-0.1, -0.05) is 0 Å². The zero-order valence-electron chi connectivity index (χ0n) is 11.8. The Balaban J connectivity index is 2.27. The molecule has 0 radical (unpaired) electrons. The van der Waals surface area contributed by atoms with E-state index in [9.17, 15) is 13.2 Å². The van der Waals surface area contributed by atoms with Crippen molar-refractivity contribution in [1.29, 1.82) is 0 Å². The zero-order valence-corrected chi connectivity index (χ0v) is 12.6. The Labute approximate surface area is 123 Å². The smallest absolute Gasteiger partial charge is 0.244 e. The third kappa shape index (κ3) is 3.64. The fourth-order valence-corrected chi connectivity index (χ4v) is 3.37. The summed E-state index contributed by atoms with van der Waals surface area (Å²) in [6, 6.07) is 3.07. The van der Waals surface area contributed by atoms with Crippen molar-refractivity contribution in [2.24, 2.45) is 0 Å². The zero-order chi connectivity index (χ0) is 15.5. The Morgan fingerprint density at radius 3 is 2.90 bits per heavy atom. The van der Waals surface area contributed by atoms with Gasteiger partial charge in [0.1, 0.15) is 10.6 Å². The SMILES string of the molecule is CCNC(=O)CNS(=O)(=O)c1cc(N)cc2c1OCCC2. The van der Waals surface area contributed by atoms with E-state index >= 15 is 0 Å². The maximum absolute atomic E-state index is 12.3. The van der Waals surface area contributed by atoms with Gasteiger partial charge >= 0.3 is 0 Å². The number of carbonyl (C=O) groups excluding carboxylic acids is 1. The van der Waals surface area contributed by atoms with E-state index in [-0.39, 0.29) is 17.3 Å². The molecule has 1 aromatic rings. The van der Waals surface area contributed by atoms with Gasteiger partial charge in [0.25, 0.3) is 0 Å². The molecule has 1 aliphatic heterocycles. The van der Waals surface area contributed by atoms with Gasteiger partial charge in [-0.15, -0.1) is 0 Å². The Morgan fingerprint density at radius 2 is 2.19 bits per heavy atom. The largest absolute Gasteiger partial charge is 0.492 e. The first-order valence-corrected chi connectivity index (χ1v) is 8.24. The van der Waals surface area contributed by atoms with Crippen molar-refractivity contribution >= 4 is 21.6 Å². The molecule has 0 bridgehead atoms. The van der Waals surface area contributed by atoms with Crippen LogP contribution in [0.3, 0.4) is 0 Å². The van der Waals surface area contributed by atoms with Crippen molar-refractivity contribution in [3.05, 3.63) is 17.7 Å². The second kappa shape index (κ2) is 6.31. The summed E-state index contributed by atoms with van der Waals surface area (Å²) in [6.07, 6.45) is 1.54. The van der Waals surface area contributed by atoms with Crippen LogP contribution in [0, 0.1) is 0 Å². The fourth-order valence-electron chi connectivity index (χ4n) is 2.17. The molecule has 116 valence electrons. The Kier molecular flexibility index (Phi) is 4.69. The second-order valence-electron chi connectivity index (χ2n) is 4.74. The van der Waals surface area contributed by atoms with Crippen LogP contribution < -0.4 is 20.5 Å². The van der Waals surface area contributed by atoms with Crippen molar-refractivity contribution < 1.29 is 17.9 Å². The van der Waals surface area contributed by atoms with Crippen LogP contribution >= 0.6 is 0 Å². The Hall–Kier alpha value is -1.80. The number of aryl methyl sites for hydroxylation is 1. The van der Waals surface area contributed by atoms with E-state index < -0.39 is 10.0 Å². The van der Waals surface area contributed by atoms with Crippen molar-refractivity contribution in [2.75, 3.05) is 25.4 Å². The van der Waals surface area contributed by atoms with Crippen molar-refractivity contribution in [3.8, 4) is 5.75 Å². The topological polar surface area (TPSA) is 111 Å². The molecule has 0 aromatic heterocycles. The van der Waals surface area contributed by atoms with Gasteiger partial charge in [0, 0.05) is 12.2 Å². The molecular weight excluding hydrogens is 294 g/mol. The molecule has 2 rings (SSSR count). The van der Waals surface area contributed by atoms with Crippen LogP contribution in [-0.4, -0.2) is 34.0 Å². The molecule has 1 heterocycles. The first kappa shape index (κ1) is 15.6. The molecule has 8 heteroatoms. The Morgan fingerprint density at radius 1 is 1.43 bits per heavy atom. The highest BCUT2D eigenvalue weighted by atomic mass is 32.2. The maximum Gasteiger partial charge on any atom is 0.244 e. The number of nitrogens with two attached hydrogens (primary N) is 1. The molecular formula is C13H19N3O4S. The van der Waals surface area contributed by atoms with Gasteiger partial charge in [-0.3, -0.25) is 4.79 Å². The number of anilines is 1. The first-order chi connectivity index (χ1) is 9.94. The summed E-state index contributed by atoms with van der Waals surface area (Å²) < 4.78 is 32.4. The highest BCUT2D eigenvalue weighted by Gasteiger charge is 2.25. The van der Waals surface area contributed by atoms with E-state index in [0.29, 0.717) is 24.6 Å². The predicted octanol–water partition coefficient (Wildman–Crippen LogP) is 0.00820. The summed E-state index contributed by atoms with van der Waals surface area (Å²) in [4.78, 5) is 11.4. The number of rotatable bonds is 5. The number of ether oxygens (including phenoxy) is 1. The van der Waals surface area contributed by atoms with Gasteiger partial charge in [0.15, 0.2) is 0 Å². The summed E-state index contributed by atoms with van der Waals surface area (Å²) in [7, 11) is -3.85. The average molecular weight is 313 g/mol. The minimum atomic E-state index is -3.85. The minimum Gasteiger partial charge on any atom is -0.492 e. The highest BCUT2D eigenvalue weighted by molar-refractivity contribution is 7.89. The molecule has 0 fully saturated rings. The van der Waals surface area contributed by atoms with Crippen LogP contribution in [-0.2, 0) is 21.2 Å². The molecule has 1 amide bonds. The lowest BCUT2D eigenvalue weighted by Gasteiger charge is -2.21. The molecule has 0 aliphatic carbocycles. The summed E-state index contributed by atoms with van der Waals surface area (Å²) in [5.41, 5.74) is 6.89. The molecule has 1 aromatic carbocycles. The molecule has 0 unspecified atom stereocenters. The molecule has 0 atom stereocenters. The number of likely N-dealkylation sites (N-methyl/N-ethyl adjacent to an activating group) is 1. The predicted molar refractivity (Wildman–Crippen MR) is 78.5 cm³/mol. The third-order valence-corrected chi connectivity index (χ3v) is 4.48. The lowest BCUT2D eigenvalue weighted by molar-refractivity contribution is -0.119. The molecule has 0 saturated carbocycles. The van der Waals surface area contributed by atoms with Crippen LogP contribution in [0.5, 0.6) is 5.75 Å². The van der Waals surface area contributed by atoms with Crippen LogP contribution in [0.4, 0.5) is 5.69 Å². The van der Waals surface area contributed by atoms with Gasteiger partial charge in [0.05, 0.1) is 13.2 Å². The van der Waals surface area contributed by atoms with Gasteiger partial charge in [-0.2, -0.15) is 0 Å².